The molecule has 0 saturated carbocycles. The number of hydrogen-bond donors (Lipinski definition) is 3. The van der Waals surface area contributed by atoms with E-state index < -0.39 is 97.5 Å². The van der Waals surface area contributed by atoms with Gasteiger partial charge in [0, 0.05) is 25.7 Å². The van der Waals surface area contributed by atoms with Crippen molar-refractivity contribution >= 4 is 39.5 Å². The summed E-state index contributed by atoms with van der Waals surface area (Å²) in [5, 5.41) is 10.5. The maximum Gasteiger partial charge on any atom is 0.472 e. The minimum Gasteiger partial charge on any atom is -0.462 e. The molecule has 2 unspecified atom stereocenters. The van der Waals surface area contributed by atoms with Gasteiger partial charge in [-0.15, -0.1) is 0 Å². The van der Waals surface area contributed by atoms with Crippen LogP contribution in [0.25, 0.3) is 0 Å². The lowest BCUT2D eigenvalue weighted by molar-refractivity contribution is -0.161. The Morgan fingerprint density at radius 1 is 0.351 bits per heavy atom. The number of ether oxygens (including phenoxy) is 4. The molecule has 0 saturated heterocycles. The summed E-state index contributed by atoms with van der Waals surface area (Å²) >= 11 is 0. The van der Waals surface area contributed by atoms with Crippen molar-refractivity contribution in [1.82, 2.24) is 0 Å². The smallest absolute Gasteiger partial charge is 0.462 e. The fourth-order valence-corrected chi connectivity index (χ4v) is 10.0. The Morgan fingerprint density at radius 2 is 0.597 bits per heavy atom. The highest BCUT2D eigenvalue weighted by Crippen LogP contribution is 2.45. The Bertz CT molecular complexity index is 1530. The molecule has 0 aliphatic rings. The third-order valence-corrected chi connectivity index (χ3v) is 15.1. The molecule has 0 rings (SSSR count). The number of aliphatic hydroxyl groups excluding tert-OH is 1. The molecule has 0 amide bonds. The van der Waals surface area contributed by atoms with E-state index in [9.17, 15) is 43.2 Å². The van der Waals surface area contributed by atoms with Gasteiger partial charge in [0.15, 0.2) is 12.2 Å². The summed E-state index contributed by atoms with van der Waals surface area (Å²) in [6, 6.07) is 0. The molecule has 0 aliphatic heterocycles. The average molecular weight is 1140 g/mol. The number of unbranched alkanes of at least 4 members (excludes halogenated alkanes) is 27. The average Bonchev–Trinajstić information content (AvgIpc) is 3.38. The summed E-state index contributed by atoms with van der Waals surface area (Å²) in [6.07, 6.45) is 31.0. The second kappa shape index (κ2) is 51.0. The van der Waals surface area contributed by atoms with Crippen molar-refractivity contribution < 1.29 is 80.2 Å². The molecule has 17 nitrogen and oxygen atoms in total. The number of phosphoric ester groups is 2. The van der Waals surface area contributed by atoms with E-state index >= 15 is 0 Å². The Morgan fingerprint density at radius 3 is 0.883 bits per heavy atom. The number of rotatable bonds is 57. The number of carbonyl (C=O) groups excluding carboxylic acids is 4. The lowest BCUT2D eigenvalue weighted by Crippen LogP contribution is -2.30. The van der Waals surface area contributed by atoms with E-state index in [1.54, 1.807) is 0 Å². The molecule has 0 heterocycles. The third-order valence-electron chi connectivity index (χ3n) is 13.2. The Hall–Kier alpha value is -1.94. The van der Waals surface area contributed by atoms with Gasteiger partial charge >= 0.3 is 39.5 Å². The van der Waals surface area contributed by atoms with Gasteiger partial charge < -0.3 is 33.8 Å². The van der Waals surface area contributed by atoms with Crippen LogP contribution in [0.15, 0.2) is 0 Å². The van der Waals surface area contributed by atoms with E-state index in [1.165, 1.54) is 77.0 Å². The third kappa shape index (κ3) is 53.2. The molecule has 0 bridgehead atoms. The summed E-state index contributed by atoms with van der Waals surface area (Å²) in [7, 11) is -9.87. The quantitative estimate of drug-likeness (QED) is 0.0222. The number of hydrogen-bond acceptors (Lipinski definition) is 15. The molecule has 3 N–H and O–H groups in total. The highest BCUT2D eigenvalue weighted by atomic mass is 31.2. The first-order valence-electron chi connectivity index (χ1n) is 30.5. The van der Waals surface area contributed by atoms with E-state index in [2.05, 4.69) is 41.5 Å². The summed E-state index contributed by atoms with van der Waals surface area (Å²) < 4.78 is 67.6. The Balaban J connectivity index is 5.21. The number of carbonyl (C=O) groups is 4. The molecule has 456 valence electrons. The van der Waals surface area contributed by atoms with E-state index in [0.29, 0.717) is 31.6 Å². The maximum absolute atomic E-state index is 12.9. The van der Waals surface area contributed by atoms with Crippen LogP contribution in [0.2, 0.25) is 0 Å². The number of phosphoric acid groups is 2. The zero-order chi connectivity index (χ0) is 57.3. The highest BCUT2D eigenvalue weighted by molar-refractivity contribution is 7.47. The predicted octanol–water partition coefficient (Wildman–Crippen LogP) is 15.3. The molecule has 0 aliphatic carbocycles. The molecule has 0 radical (unpaired) electrons. The van der Waals surface area contributed by atoms with E-state index in [-0.39, 0.29) is 25.7 Å². The second-order valence-electron chi connectivity index (χ2n) is 22.0. The SMILES string of the molecule is CCCCCCCCCCC(=O)OC[C@H](COP(=O)(O)OC[C@H](O)COP(=O)(O)OC[C@@H](COC(=O)CCCCCCCCC(C)C)OC(=O)CCCCCCCCCCCC(C)C)OC(=O)CCCCCCCCCC. The molecule has 19 heteroatoms. The molecule has 0 spiro atoms. The van der Waals surface area contributed by atoms with Gasteiger partial charge in [0.2, 0.25) is 0 Å². The normalized spacial score (nSPS) is 14.5. The maximum atomic E-state index is 12.9. The topological polar surface area (TPSA) is 237 Å². The summed E-state index contributed by atoms with van der Waals surface area (Å²) in [5.74, 6) is -0.734. The first-order chi connectivity index (χ1) is 36.9. The zero-order valence-electron chi connectivity index (χ0n) is 49.2. The minimum absolute atomic E-state index is 0.104. The van der Waals surface area contributed by atoms with E-state index in [0.717, 1.165) is 115 Å². The second-order valence-corrected chi connectivity index (χ2v) is 24.9. The molecule has 0 fully saturated rings. The number of esters is 4. The lowest BCUT2D eigenvalue weighted by atomic mass is 10.0. The zero-order valence-corrected chi connectivity index (χ0v) is 51.0. The Labute approximate surface area is 467 Å². The van der Waals surface area contributed by atoms with Gasteiger partial charge in [-0.25, -0.2) is 9.13 Å². The standard InChI is InChI=1S/C58H112O17P2/c1-7-9-11-13-15-21-28-34-40-55(60)68-46-53(74-57(62)42-36-30-22-16-14-12-10-8-2)48-72-76(64,65)70-44-52(59)45-71-77(66,67)73-49-54(47-69-56(61)41-35-29-25-24-27-33-39-51(5)6)75-58(63)43-37-31-23-19-17-18-20-26-32-38-50(3)4/h50-54,59H,7-49H2,1-6H3,(H,64,65)(H,66,67)/t52-,53+,54+/m0/s1. The molecular weight excluding hydrogens is 1030 g/mol. The number of aliphatic hydroxyl groups is 1. The molecule has 0 aromatic rings. The van der Waals surface area contributed by atoms with Crippen molar-refractivity contribution in [2.75, 3.05) is 39.6 Å². The van der Waals surface area contributed by atoms with Crippen molar-refractivity contribution in [3.05, 3.63) is 0 Å². The van der Waals surface area contributed by atoms with Crippen LogP contribution >= 0.6 is 15.6 Å². The monoisotopic (exact) mass is 1140 g/mol. The van der Waals surface area contributed by atoms with Crippen molar-refractivity contribution in [2.45, 2.75) is 297 Å². The van der Waals surface area contributed by atoms with Crippen molar-refractivity contribution in [3.8, 4) is 0 Å². The lowest BCUT2D eigenvalue weighted by Gasteiger charge is -2.21. The fraction of sp³-hybridized carbons (Fsp3) is 0.931. The van der Waals surface area contributed by atoms with Crippen LogP contribution in [0.4, 0.5) is 0 Å². The fourth-order valence-electron chi connectivity index (χ4n) is 8.47. The largest absolute Gasteiger partial charge is 0.472 e. The van der Waals surface area contributed by atoms with Crippen LogP contribution in [0.3, 0.4) is 0 Å². The summed E-state index contributed by atoms with van der Waals surface area (Å²) in [6.45, 7) is 9.28. The Kier molecular flexibility index (Phi) is 49.7. The van der Waals surface area contributed by atoms with Gasteiger partial charge in [-0.1, -0.05) is 228 Å². The first-order valence-corrected chi connectivity index (χ1v) is 33.5. The van der Waals surface area contributed by atoms with E-state index in [1.807, 2.05) is 0 Å². The molecule has 0 aromatic carbocycles. The predicted molar refractivity (Wildman–Crippen MR) is 303 cm³/mol. The van der Waals surface area contributed by atoms with E-state index in [4.69, 9.17) is 37.0 Å². The van der Waals surface area contributed by atoms with Crippen LogP contribution < -0.4 is 0 Å². The van der Waals surface area contributed by atoms with Crippen LogP contribution in [-0.4, -0.2) is 96.7 Å². The van der Waals surface area contributed by atoms with Crippen molar-refractivity contribution in [3.63, 3.8) is 0 Å². The highest BCUT2D eigenvalue weighted by Gasteiger charge is 2.30. The molecule has 0 aromatic heterocycles. The van der Waals surface area contributed by atoms with Gasteiger partial charge in [-0.3, -0.25) is 37.3 Å². The molecule has 5 atom stereocenters. The molecule has 77 heavy (non-hydrogen) atoms. The summed E-state index contributed by atoms with van der Waals surface area (Å²) in [5.41, 5.74) is 0. The van der Waals surface area contributed by atoms with Crippen molar-refractivity contribution in [1.29, 1.82) is 0 Å². The molecular formula is C58H112O17P2. The van der Waals surface area contributed by atoms with Crippen LogP contribution in [0, 0.1) is 11.8 Å². The van der Waals surface area contributed by atoms with Crippen LogP contribution in [0.5, 0.6) is 0 Å². The van der Waals surface area contributed by atoms with Gasteiger partial charge in [-0.05, 0) is 37.5 Å². The minimum atomic E-state index is -4.94. The van der Waals surface area contributed by atoms with Crippen LogP contribution in [-0.2, 0) is 65.4 Å². The summed E-state index contributed by atoms with van der Waals surface area (Å²) in [4.78, 5) is 71.7. The first kappa shape index (κ1) is 75.1. The van der Waals surface area contributed by atoms with Gasteiger partial charge in [-0.2, -0.15) is 0 Å². The van der Waals surface area contributed by atoms with Crippen molar-refractivity contribution in [2.24, 2.45) is 11.8 Å². The van der Waals surface area contributed by atoms with Gasteiger partial charge in [0.1, 0.15) is 19.3 Å². The van der Waals surface area contributed by atoms with Gasteiger partial charge in [0.25, 0.3) is 0 Å². The van der Waals surface area contributed by atoms with Gasteiger partial charge in [0.05, 0.1) is 26.4 Å². The van der Waals surface area contributed by atoms with Crippen LogP contribution in [0.1, 0.15) is 279 Å².